The summed E-state index contributed by atoms with van der Waals surface area (Å²) in [6, 6.07) is -12.2. The van der Waals surface area contributed by atoms with E-state index in [1.54, 1.807) is 27.7 Å². The number of carboxylic acids is 3. The number of thiol groups is 1. The number of hydrogen-bond acceptors (Lipinski definition) is 15. The lowest BCUT2D eigenvalue weighted by Crippen LogP contribution is -2.62. The summed E-state index contributed by atoms with van der Waals surface area (Å²) in [5.41, 5.74) is 11.4. The molecule has 376 valence electrons. The first kappa shape index (κ1) is 60.4. The van der Waals surface area contributed by atoms with E-state index < -0.39 is 145 Å². The van der Waals surface area contributed by atoms with Crippen LogP contribution in [-0.4, -0.2) is 159 Å². The first-order valence-corrected chi connectivity index (χ1v) is 22.1. The van der Waals surface area contributed by atoms with Gasteiger partial charge in [0.1, 0.15) is 42.3 Å². The number of aliphatic hydroxyl groups is 1. The molecule has 0 heterocycles. The zero-order valence-electron chi connectivity index (χ0n) is 38.4. The number of carboxylic acid groups (broad SMARTS) is 3. The Bertz CT molecular complexity index is 1700. The van der Waals surface area contributed by atoms with Gasteiger partial charge < -0.3 is 74.4 Å². The zero-order chi connectivity index (χ0) is 51.0. The van der Waals surface area contributed by atoms with Crippen molar-refractivity contribution in [2.24, 2.45) is 29.2 Å². The van der Waals surface area contributed by atoms with E-state index in [0.717, 1.165) is 6.92 Å². The maximum atomic E-state index is 13.6. The van der Waals surface area contributed by atoms with E-state index in [1.807, 2.05) is 0 Å². The third-order valence-corrected chi connectivity index (χ3v) is 9.92. The third kappa shape index (κ3) is 23.5. The maximum absolute atomic E-state index is 13.6. The van der Waals surface area contributed by atoms with Gasteiger partial charge in [0.2, 0.25) is 47.3 Å². The van der Waals surface area contributed by atoms with Gasteiger partial charge in [-0.2, -0.15) is 12.6 Å². The molecule has 0 unspecified atom stereocenters. The number of carbonyl (C=O) groups is 11. The number of amides is 8. The number of rotatable bonds is 32. The van der Waals surface area contributed by atoms with Crippen molar-refractivity contribution in [3.8, 4) is 0 Å². The summed E-state index contributed by atoms with van der Waals surface area (Å²) < 4.78 is 0. The zero-order valence-corrected chi connectivity index (χ0v) is 39.3. The second-order valence-electron chi connectivity index (χ2n) is 16.9. The van der Waals surface area contributed by atoms with Crippen molar-refractivity contribution in [1.29, 1.82) is 0 Å². The minimum atomic E-state index is -1.91. The average Bonchev–Trinajstić information content (AvgIpc) is 3.20. The van der Waals surface area contributed by atoms with Gasteiger partial charge in [-0.05, 0) is 56.9 Å². The lowest BCUT2D eigenvalue weighted by molar-refractivity contribution is -0.143. The summed E-state index contributed by atoms with van der Waals surface area (Å²) in [4.78, 5) is 141. The summed E-state index contributed by atoms with van der Waals surface area (Å²) in [5, 5.41) is 57.4. The third-order valence-electron chi connectivity index (χ3n) is 9.56. The Balaban J connectivity index is 6.16. The van der Waals surface area contributed by atoms with E-state index in [1.165, 1.54) is 13.8 Å². The minimum Gasteiger partial charge on any atom is -0.481 e. The molecule has 0 aliphatic heterocycles. The molecule has 0 aliphatic carbocycles. The van der Waals surface area contributed by atoms with Crippen LogP contribution in [0.2, 0.25) is 0 Å². The molecule has 0 spiro atoms. The van der Waals surface area contributed by atoms with Crippen molar-refractivity contribution in [1.82, 2.24) is 42.5 Å². The SMILES string of the molecule is CC(C)C[C@H](NC(=O)CNC(=O)[C@H](CC(C)C)NC(=O)[C@H](CC(=O)O)NC(=O)[C@@H](NC(=O)[C@@H](NC(=O)[C@H](CC(=O)O)NC(=O)[C@H](CS)NC(=O)[C@@H](N)CCCCN)C(C)C)[C@@H](C)O)C(=O)O. The van der Waals surface area contributed by atoms with Crippen molar-refractivity contribution in [3.05, 3.63) is 0 Å². The number of nitrogens with two attached hydrogens (primary N) is 2. The summed E-state index contributed by atoms with van der Waals surface area (Å²) in [6.07, 6.45) is -2.30. The first-order valence-electron chi connectivity index (χ1n) is 21.5. The quantitative estimate of drug-likeness (QED) is 0.0226. The Labute approximate surface area is 388 Å². The molecular weight excluding hydrogens is 893 g/mol. The van der Waals surface area contributed by atoms with Gasteiger partial charge in [-0.15, -0.1) is 0 Å². The highest BCUT2D eigenvalue weighted by molar-refractivity contribution is 7.80. The van der Waals surface area contributed by atoms with Crippen LogP contribution in [0.3, 0.4) is 0 Å². The van der Waals surface area contributed by atoms with Gasteiger partial charge in [-0.1, -0.05) is 48.0 Å². The molecule has 26 heteroatoms. The lowest BCUT2D eigenvalue weighted by atomic mass is 10.0. The average molecular weight is 963 g/mol. The number of aliphatic hydroxyl groups excluding tert-OH is 1. The maximum Gasteiger partial charge on any atom is 0.326 e. The van der Waals surface area contributed by atoms with E-state index >= 15 is 0 Å². The normalized spacial score (nSPS) is 15.3. The number of aliphatic carboxylic acids is 3. The molecule has 0 fully saturated rings. The van der Waals surface area contributed by atoms with Crippen molar-refractivity contribution in [2.45, 2.75) is 148 Å². The van der Waals surface area contributed by atoms with Gasteiger partial charge in [0.25, 0.3) is 0 Å². The van der Waals surface area contributed by atoms with Gasteiger partial charge in [-0.25, -0.2) is 4.79 Å². The van der Waals surface area contributed by atoms with Crippen LogP contribution >= 0.6 is 12.6 Å². The molecule has 9 atom stereocenters. The van der Waals surface area contributed by atoms with E-state index in [0.29, 0.717) is 19.4 Å². The van der Waals surface area contributed by atoms with Gasteiger partial charge in [0.15, 0.2) is 0 Å². The van der Waals surface area contributed by atoms with E-state index in [4.69, 9.17) is 11.5 Å². The van der Waals surface area contributed by atoms with E-state index in [2.05, 4.69) is 55.2 Å². The van der Waals surface area contributed by atoms with Gasteiger partial charge >= 0.3 is 17.9 Å². The first-order chi connectivity index (χ1) is 30.6. The number of unbranched alkanes of at least 4 members (excludes halogenated alkanes) is 1. The smallest absolute Gasteiger partial charge is 0.326 e. The molecule has 0 aromatic heterocycles. The molecule has 0 rings (SSSR count). The highest BCUT2D eigenvalue weighted by atomic mass is 32.1. The predicted octanol–water partition coefficient (Wildman–Crippen LogP) is -3.95. The second-order valence-corrected chi connectivity index (χ2v) is 17.3. The minimum absolute atomic E-state index is 0.0410. The Hall–Kier alpha value is -5.60. The summed E-state index contributed by atoms with van der Waals surface area (Å²) in [7, 11) is 0. The molecule has 8 amide bonds. The molecule has 0 aliphatic rings. The van der Waals surface area contributed by atoms with Crippen LogP contribution in [0.15, 0.2) is 0 Å². The fourth-order valence-electron chi connectivity index (χ4n) is 6.06. The van der Waals surface area contributed by atoms with E-state index in [-0.39, 0.29) is 36.9 Å². The van der Waals surface area contributed by atoms with Crippen LogP contribution < -0.4 is 54.0 Å². The van der Waals surface area contributed by atoms with Crippen molar-refractivity contribution in [2.75, 3.05) is 18.8 Å². The molecule has 0 bridgehead atoms. The van der Waals surface area contributed by atoms with Crippen LogP contribution in [0.1, 0.15) is 93.4 Å². The molecule has 0 aromatic rings. The topological polar surface area (TPSA) is 417 Å². The van der Waals surface area contributed by atoms with Gasteiger partial charge in [-0.3, -0.25) is 47.9 Å². The lowest BCUT2D eigenvalue weighted by Gasteiger charge is -2.29. The predicted molar refractivity (Wildman–Crippen MR) is 239 cm³/mol. The second kappa shape index (κ2) is 30.6. The summed E-state index contributed by atoms with van der Waals surface area (Å²) in [6.45, 7) is 10.6. The molecule has 16 N–H and O–H groups in total. The molecule has 66 heavy (non-hydrogen) atoms. The van der Waals surface area contributed by atoms with Crippen LogP contribution in [0, 0.1) is 17.8 Å². The van der Waals surface area contributed by atoms with Gasteiger partial charge in [0.05, 0.1) is 31.5 Å². The van der Waals surface area contributed by atoms with Gasteiger partial charge in [0, 0.05) is 5.75 Å². The van der Waals surface area contributed by atoms with Crippen LogP contribution in [-0.2, 0) is 52.7 Å². The number of hydrogen-bond donors (Lipinski definition) is 15. The monoisotopic (exact) mass is 962 g/mol. The standard InChI is InChI=1S/C40H70N10O15S/c1-18(2)12-23(34(58)43-16-28(52)44-26(40(64)65)13-19(3)4)45-35(59)24(14-29(53)54)47-39(63)32(21(7)51)50-38(62)31(20(5)6)49-36(60)25(15-30(55)56)46-37(61)27(17-66)48-33(57)22(42)10-8-9-11-41/h18-27,31-32,51,66H,8-17,41-42H2,1-7H3,(H,43,58)(H,44,52)(H,45,59)(H,46,61)(H,47,63)(H,48,57)(H,49,60)(H,50,62)(H,53,54)(H,55,56)(H,64,65)/t21-,22+,23+,24+,25+,26+,27+,31+,32+/m1/s1. The number of carbonyl (C=O) groups excluding carboxylic acids is 8. The molecule has 25 nitrogen and oxygen atoms in total. The Kier molecular flexibility index (Phi) is 28.0. The van der Waals surface area contributed by atoms with Crippen molar-refractivity contribution >= 4 is 77.8 Å². The Morgan fingerprint density at radius 3 is 1.42 bits per heavy atom. The van der Waals surface area contributed by atoms with Crippen LogP contribution in [0.5, 0.6) is 0 Å². The molecule has 0 saturated heterocycles. The molecular formula is C40H70N10O15S. The fraction of sp³-hybridized carbons (Fsp3) is 0.725. The fourth-order valence-corrected chi connectivity index (χ4v) is 6.31. The highest BCUT2D eigenvalue weighted by Gasteiger charge is 2.37. The molecule has 0 aromatic carbocycles. The van der Waals surface area contributed by atoms with Crippen molar-refractivity contribution in [3.63, 3.8) is 0 Å². The van der Waals surface area contributed by atoms with Crippen LogP contribution in [0.25, 0.3) is 0 Å². The summed E-state index contributed by atoms with van der Waals surface area (Å²) >= 11 is 4.07. The highest BCUT2D eigenvalue weighted by Crippen LogP contribution is 2.10. The number of nitrogens with one attached hydrogen (secondary N) is 8. The summed E-state index contributed by atoms with van der Waals surface area (Å²) in [5.74, 6) is -14.0. The molecule has 0 saturated carbocycles. The van der Waals surface area contributed by atoms with E-state index in [9.17, 15) is 73.2 Å². The largest absolute Gasteiger partial charge is 0.481 e. The molecule has 0 radical (unpaired) electrons. The van der Waals surface area contributed by atoms with Crippen LogP contribution in [0.4, 0.5) is 0 Å². The van der Waals surface area contributed by atoms with Crippen molar-refractivity contribution < 1.29 is 73.2 Å². The Morgan fingerprint density at radius 2 is 0.970 bits per heavy atom. The Morgan fingerprint density at radius 1 is 0.530 bits per heavy atom.